The highest BCUT2D eigenvalue weighted by atomic mass is 16.2. The first-order valence-electron chi connectivity index (χ1n) is 9.34. The van der Waals surface area contributed by atoms with Crippen molar-refractivity contribution in [2.24, 2.45) is 0 Å². The number of hydrogen-bond donors (Lipinski definition) is 0. The lowest BCUT2D eigenvalue weighted by molar-refractivity contribution is 0.0746. The molecule has 1 amide bonds. The molecule has 4 rings (SSSR count). The van der Waals surface area contributed by atoms with Crippen molar-refractivity contribution in [1.29, 1.82) is 0 Å². The number of nitrogens with zero attached hydrogens (tertiary/aromatic N) is 6. The number of carbonyl (C=O) groups is 1. The van der Waals surface area contributed by atoms with Crippen molar-refractivity contribution in [2.75, 3.05) is 49.1 Å². The number of amides is 1. The fraction of sp³-hybridized carbons (Fsp3) is 0.474. The Morgan fingerprint density at radius 3 is 1.88 bits per heavy atom. The van der Waals surface area contributed by atoms with Crippen LogP contribution in [0.3, 0.4) is 0 Å². The maximum Gasteiger partial charge on any atom is 0.254 e. The van der Waals surface area contributed by atoms with Gasteiger partial charge in [-0.1, -0.05) is 0 Å². The van der Waals surface area contributed by atoms with Crippen LogP contribution in [0.1, 0.15) is 29.6 Å². The minimum absolute atomic E-state index is 0.0681. The lowest BCUT2D eigenvalue weighted by atomic mass is 10.1. The molecule has 2 aliphatic heterocycles. The molecule has 0 bridgehead atoms. The van der Waals surface area contributed by atoms with Gasteiger partial charge in [-0.3, -0.25) is 9.78 Å². The van der Waals surface area contributed by atoms with E-state index in [4.69, 9.17) is 0 Å². The molecule has 26 heavy (non-hydrogen) atoms. The molecule has 0 atom stereocenters. The Balaban J connectivity index is 1.35. The van der Waals surface area contributed by atoms with Crippen LogP contribution in [-0.2, 0) is 0 Å². The van der Waals surface area contributed by atoms with Crippen molar-refractivity contribution in [1.82, 2.24) is 20.1 Å². The van der Waals surface area contributed by atoms with E-state index in [0.29, 0.717) is 18.7 Å². The Morgan fingerprint density at radius 1 is 0.731 bits per heavy atom. The van der Waals surface area contributed by atoms with E-state index in [9.17, 15) is 4.79 Å². The zero-order valence-corrected chi connectivity index (χ0v) is 14.9. The molecule has 0 spiro atoms. The third-order valence-corrected chi connectivity index (χ3v) is 5.13. The van der Waals surface area contributed by atoms with Gasteiger partial charge in [0.05, 0.1) is 0 Å². The average Bonchev–Trinajstić information content (AvgIpc) is 2.75. The molecule has 7 heteroatoms. The largest absolute Gasteiger partial charge is 0.355 e. The second-order valence-electron chi connectivity index (χ2n) is 6.81. The molecule has 2 aliphatic rings. The van der Waals surface area contributed by atoms with Gasteiger partial charge in [-0.05, 0) is 43.5 Å². The number of hydrogen-bond acceptors (Lipinski definition) is 6. The van der Waals surface area contributed by atoms with Crippen molar-refractivity contribution < 1.29 is 4.79 Å². The van der Waals surface area contributed by atoms with Gasteiger partial charge in [-0.2, -0.15) is 0 Å². The lowest BCUT2D eigenvalue weighted by Gasteiger charge is -2.35. The number of piperazine rings is 1. The third-order valence-electron chi connectivity index (χ3n) is 5.13. The number of pyridine rings is 1. The third kappa shape index (κ3) is 3.61. The fourth-order valence-electron chi connectivity index (χ4n) is 3.59. The van der Waals surface area contributed by atoms with Crippen LogP contribution >= 0.6 is 0 Å². The molecule has 0 saturated carbocycles. The summed E-state index contributed by atoms with van der Waals surface area (Å²) in [5.41, 5.74) is 0.694. The zero-order valence-electron chi connectivity index (χ0n) is 14.9. The summed E-state index contributed by atoms with van der Waals surface area (Å²) in [4.78, 5) is 22.9. The van der Waals surface area contributed by atoms with Gasteiger partial charge in [-0.15, -0.1) is 10.2 Å². The van der Waals surface area contributed by atoms with Crippen LogP contribution in [0, 0.1) is 0 Å². The van der Waals surface area contributed by atoms with E-state index in [1.165, 1.54) is 19.3 Å². The van der Waals surface area contributed by atoms with Gasteiger partial charge in [0.2, 0.25) is 0 Å². The molecule has 2 aromatic heterocycles. The lowest BCUT2D eigenvalue weighted by Crippen LogP contribution is -2.49. The molecular weight excluding hydrogens is 328 g/mol. The molecule has 2 fully saturated rings. The molecule has 2 saturated heterocycles. The summed E-state index contributed by atoms with van der Waals surface area (Å²) in [5.74, 6) is 1.93. The standard InChI is InChI=1S/C19H24N6O/c26-19(16-6-8-20-9-7-16)25-14-12-24(13-15-25)18-5-4-17(21-22-18)23-10-2-1-3-11-23/h4-9H,1-3,10-15H2. The Kier molecular flexibility index (Phi) is 4.95. The first-order valence-corrected chi connectivity index (χ1v) is 9.34. The Morgan fingerprint density at radius 2 is 1.31 bits per heavy atom. The van der Waals surface area contributed by atoms with E-state index in [1.807, 2.05) is 4.90 Å². The average molecular weight is 352 g/mol. The molecule has 2 aromatic rings. The van der Waals surface area contributed by atoms with Crippen LogP contribution in [0.2, 0.25) is 0 Å². The summed E-state index contributed by atoms with van der Waals surface area (Å²) >= 11 is 0. The predicted molar refractivity (Wildman–Crippen MR) is 100 cm³/mol. The Hall–Kier alpha value is -2.70. The van der Waals surface area contributed by atoms with Gasteiger partial charge in [0.25, 0.3) is 5.91 Å². The monoisotopic (exact) mass is 352 g/mol. The first kappa shape index (κ1) is 16.8. The van der Waals surface area contributed by atoms with Gasteiger partial charge in [0.1, 0.15) is 0 Å². The molecule has 0 unspecified atom stereocenters. The van der Waals surface area contributed by atoms with E-state index in [2.05, 4.69) is 37.1 Å². The fourth-order valence-corrected chi connectivity index (χ4v) is 3.59. The van der Waals surface area contributed by atoms with E-state index >= 15 is 0 Å². The highest BCUT2D eigenvalue weighted by Crippen LogP contribution is 2.20. The number of anilines is 2. The molecular formula is C19H24N6O. The van der Waals surface area contributed by atoms with Crippen molar-refractivity contribution in [3.05, 3.63) is 42.2 Å². The van der Waals surface area contributed by atoms with Crippen LogP contribution in [0.4, 0.5) is 11.6 Å². The molecule has 0 aromatic carbocycles. The number of piperidine rings is 1. The zero-order chi connectivity index (χ0) is 17.8. The summed E-state index contributed by atoms with van der Waals surface area (Å²) in [6.07, 6.45) is 7.09. The van der Waals surface area contributed by atoms with Crippen molar-refractivity contribution >= 4 is 17.5 Å². The highest BCUT2D eigenvalue weighted by Gasteiger charge is 2.23. The highest BCUT2D eigenvalue weighted by molar-refractivity contribution is 5.94. The van der Waals surface area contributed by atoms with Gasteiger partial charge >= 0.3 is 0 Å². The molecule has 7 nitrogen and oxygen atoms in total. The molecule has 0 radical (unpaired) electrons. The summed E-state index contributed by atoms with van der Waals surface area (Å²) in [5, 5.41) is 8.85. The van der Waals surface area contributed by atoms with Crippen LogP contribution in [0.5, 0.6) is 0 Å². The molecule has 0 aliphatic carbocycles. The van der Waals surface area contributed by atoms with E-state index in [-0.39, 0.29) is 5.91 Å². The van der Waals surface area contributed by atoms with Gasteiger partial charge < -0.3 is 14.7 Å². The number of aromatic nitrogens is 3. The Bertz CT molecular complexity index is 721. The van der Waals surface area contributed by atoms with E-state index in [1.54, 1.807) is 24.5 Å². The maximum absolute atomic E-state index is 12.5. The molecule has 136 valence electrons. The first-order chi connectivity index (χ1) is 12.8. The summed E-state index contributed by atoms with van der Waals surface area (Å²) < 4.78 is 0. The van der Waals surface area contributed by atoms with Gasteiger partial charge in [0, 0.05) is 57.2 Å². The van der Waals surface area contributed by atoms with Gasteiger partial charge in [0.15, 0.2) is 11.6 Å². The summed E-state index contributed by atoms with van der Waals surface area (Å²) in [6, 6.07) is 7.65. The summed E-state index contributed by atoms with van der Waals surface area (Å²) in [6.45, 7) is 5.07. The second-order valence-corrected chi connectivity index (χ2v) is 6.81. The molecule has 0 N–H and O–H groups in total. The number of carbonyl (C=O) groups excluding carboxylic acids is 1. The SMILES string of the molecule is O=C(c1ccncc1)N1CCN(c2ccc(N3CCCCC3)nn2)CC1. The van der Waals surface area contributed by atoms with E-state index < -0.39 is 0 Å². The summed E-state index contributed by atoms with van der Waals surface area (Å²) in [7, 11) is 0. The van der Waals surface area contributed by atoms with Crippen LogP contribution in [0.25, 0.3) is 0 Å². The van der Waals surface area contributed by atoms with Crippen molar-refractivity contribution in [2.45, 2.75) is 19.3 Å². The van der Waals surface area contributed by atoms with Crippen molar-refractivity contribution in [3.8, 4) is 0 Å². The normalized spacial score (nSPS) is 18.1. The topological polar surface area (TPSA) is 65.5 Å². The van der Waals surface area contributed by atoms with Crippen molar-refractivity contribution in [3.63, 3.8) is 0 Å². The van der Waals surface area contributed by atoms with Gasteiger partial charge in [-0.25, -0.2) is 0 Å². The number of rotatable bonds is 3. The maximum atomic E-state index is 12.5. The minimum Gasteiger partial charge on any atom is -0.355 e. The smallest absolute Gasteiger partial charge is 0.254 e. The second kappa shape index (κ2) is 7.68. The predicted octanol–water partition coefficient (Wildman–Crippen LogP) is 1.82. The van der Waals surface area contributed by atoms with E-state index in [0.717, 1.165) is 37.8 Å². The quantitative estimate of drug-likeness (QED) is 0.840. The Labute approximate surface area is 153 Å². The van der Waals surface area contributed by atoms with Crippen LogP contribution in [0.15, 0.2) is 36.7 Å². The molecule has 4 heterocycles. The van der Waals surface area contributed by atoms with Crippen LogP contribution in [-0.4, -0.2) is 65.3 Å². The van der Waals surface area contributed by atoms with Crippen LogP contribution < -0.4 is 9.80 Å². The minimum atomic E-state index is 0.0681.